The zero-order chi connectivity index (χ0) is 14.5. The molecule has 0 spiro atoms. The van der Waals surface area contributed by atoms with Gasteiger partial charge >= 0.3 is 0 Å². The van der Waals surface area contributed by atoms with Crippen molar-refractivity contribution >= 4 is 11.3 Å². The van der Waals surface area contributed by atoms with E-state index in [0.717, 1.165) is 5.56 Å². The van der Waals surface area contributed by atoms with Crippen LogP contribution in [-0.4, -0.2) is 11.3 Å². The third-order valence-corrected chi connectivity index (χ3v) is 3.00. The monoisotopic (exact) mass is 283 g/mol. The first-order chi connectivity index (χ1) is 9.13. The fourth-order valence-electron chi connectivity index (χ4n) is 1.21. The smallest absolute Gasteiger partial charge is 0.287 e. The quantitative estimate of drug-likeness (QED) is 0.634. The molecule has 1 atom stereocenters. The summed E-state index contributed by atoms with van der Waals surface area (Å²) >= 11 is -1.43. The molecule has 0 heterocycles. The molecule has 0 aliphatic carbocycles. The number of unbranched alkanes of at least 4 members (excludes halogenated alkanes) is 2. The number of nitrogens with one attached hydrogen (secondary N) is 1. The van der Waals surface area contributed by atoms with Crippen LogP contribution in [0.1, 0.15) is 38.7 Å². The second-order valence-electron chi connectivity index (χ2n) is 4.05. The molecular formula is C15H25NO2S. The highest BCUT2D eigenvalue weighted by atomic mass is 32.2. The lowest BCUT2D eigenvalue weighted by Gasteiger charge is -2.02. The van der Waals surface area contributed by atoms with E-state index in [0.29, 0.717) is 5.75 Å². The van der Waals surface area contributed by atoms with Crippen molar-refractivity contribution in [3.05, 3.63) is 42.0 Å². The van der Waals surface area contributed by atoms with Crippen molar-refractivity contribution in [1.29, 1.82) is 0 Å². The second kappa shape index (κ2) is 11.9. The maximum absolute atomic E-state index is 10.8. The van der Waals surface area contributed by atoms with Crippen molar-refractivity contribution < 1.29 is 8.39 Å². The van der Waals surface area contributed by atoms with Gasteiger partial charge in [-0.3, -0.25) is 0 Å². The number of hydrogen-bond donors (Lipinski definition) is 1. The normalized spacial score (nSPS) is 11.8. The minimum absolute atomic E-state index is 0.605. The molecule has 4 heteroatoms. The summed E-state index contributed by atoms with van der Waals surface area (Å²) in [6, 6.07) is 7.37. The van der Waals surface area contributed by atoms with Gasteiger partial charge in [-0.2, -0.15) is 4.21 Å². The third-order valence-electron chi connectivity index (χ3n) is 2.32. The molecule has 19 heavy (non-hydrogen) atoms. The zero-order valence-corrected chi connectivity index (χ0v) is 13.1. The van der Waals surface area contributed by atoms with E-state index in [4.69, 9.17) is 4.18 Å². The van der Waals surface area contributed by atoms with Gasteiger partial charge in [-0.05, 0) is 39.4 Å². The molecular weight excluding hydrogens is 258 g/mol. The molecule has 0 saturated carbocycles. The summed E-state index contributed by atoms with van der Waals surface area (Å²) in [6.07, 6.45) is 8.22. The number of rotatable bonds is 6. The van der Waals surface area contributed by atoms with E-state index in [1.807, 2.05) is 19.1 Å². The molecule has 1 aromatic rings. The van der Waals surface area contributed by atoms with Crippen LogP contribution in [0.25, 0.3) is 0 Å². The molecule has 0 saturated heterocycles. The largest absolute Gasteiger partial charge is 0.389 e. The SMILES string of the molecule is C/C=C\CCCC.CNS(=O)Oc1ccc(C)cc1. The lowest BCUT2D eigenvalue weighted by molar-refractivity contribution is 0.554. The van der Waals surface area contributed by atoms with Crippen molar-refractivity contribution in [2.45, 2.75) is 40.0 Å². The Bertz CT molecular complexity index is 374. The van der Waals surface area contributed by atoms with E-state index in [2.05, 4.69) is 30.7 Å². The van der Waals surface area contributed by atoms with Crippen LogP contribution >= 0.6 is 0 Å². The van der Waals surface area contributed by atoms with Gasteiger partial charge in [-0.1, -0.05) is 49.6 Å². The van der Waals surface area contributed by atoms with Gasteiger partial charge < -0.3 is 4.18 Å². The summed E-state index contributed by atoms with van der Waals surface area (Å²) in [5.41, 5.74) is 1.15. The fraction of sp³-hybridized carbons (Fsp3) is 0.467. The van der Waals surface area contributed by atoms with Crippen LogP contribution in [0, 0.1) is 6.92 Å². The lowest BCUT2D eigenvalue weighted by atomic mass is 10.2. The summed E-state index contributed by atoms with van der Waals surface area (Å²) < 4.78 is 18.3. The van der Waals surface area contributed by atoms with Crippen LogP contribution in [0.5, 0.6) is 5.75 Å². The van der Waals surface area contributed by atoms with E-state index in [1.54, 1.807) is 19.2 Å². The molecule has 0 amide bonds. The summed E-state index contributed by atoms with van der Waals surface area (Å²) in [6.45, 7) is 6.26. The van der Waals surface area contributed by atoms with E-state index < -0.39 is 11.3 Å². The number of benzene rings is 1. The van der Waals surface area contributed by atoms with Crippen LogP contribution in [0.15, 0.2) is 36.4 Å². The Kier molecular flexibility index (Phi) is 11.2. The average Bonchev–Trinajstić information content (AvgIpc) is 2.42. The predicted molar refractivity (Wildman–Crippen MR) is 83.3 cm³/mol. The first-order valence-electron chi connectivity index (χ1n) is 6.59. The summed E-state index contributed by atoms with van der Waals surface area (Å²) in [7, 11) is 1.57. The van der Waals surface area contributed by atoms with Crippen molar-refractivity contribution in [1.82, 2.24) is 4.72 Å². The Balaban J connectivity index is 0.000000399. The van der Waals surface area contributed by atoms with Gasteiger partial charge in [-0.25, -0.2) is 4.72 Å². The Labute approximate surface area is 119 Å². The standard InChI is InChI=1S/C8H11NO2S.C7H14/c1-7-3-5-8(6-4-7)11-12(10)9-2;1-3-5-7-6-4-2/h3-6,9H,1-2H3;3,5H,4,6-7H2,1-2H3/b;5-3-. The molecule has 3 nitrogen and oxygen atoms in total. The second-order valence-corrected chi connectivity index (χ2v) is 5.09. The molecule has 0 aliphatic heterocycles. The van der Waals surface area contributed by atoms with Gasteiger partial charge in [-0.15, -0.1) is 0 Å². The minimum atomic E-state index is -1.43. The Hall–Kier alpha value is -1.13. The van der Waals surface area contributed by atoms with Crippen molar-refractivity contribution in [2.24, 2.45) is 0 Å². The van der Waals surface area contributed by atoms with Crippen LogP contribution in [-0.2, 0) is 11.3 Å². The average molecular weight is 283 g/mol. The van der Waals surface area contributed by atoms with Crippen molar-refractivity contribution in [3.8, 4) is 5.75 Å². The van der Waals surface area contributed by atoms with Crippen molar-refractivity contribution in [3.63, 3.8) is 0 Å². The van der Waals surface area contributed by atoms with Crippen LogP contribution in [0.4, 0.5) is 0 Å². The summed E-state index contributed by atoms with van der Waals surface area (Å²) in [4.78, 5) is 0. The van der Waals surface area contributed by atoms with Gasteiger partial charge in [0, 0.05) is 0 Å². The number of aryl methyl sites for hydroxylation is 1. The van der Waals surface area contributed by atoms with Gasteiger partial charge in [0.15, 0.2) is 0 Å². The van der Waals surface area contributed by atoms with E-state index in [-0.39, 0.29) is 0 Å². The summed E-state index contributed by atoms with van der Waals surface area (Å²) in [5.74, 6) is 0.605. The number of hydrogen-bond acceptors (Lipinski definition) is 2. The molecule has 1 rings (SSSR count). The first kappa shape index (κ1) is 17.9. The molecule has 0 aliphatic rings. The highest BCUT2D eigenvalue weighted by molar-refractivity contribution is 7.78. The molecule has 108 valence electrons. The minimum Gasteiger partial charge on any atom is -0.389 e. The first-order valence-corrected chi connectivity index (χ1v) is 7.66. The summed E-state index contributed by atoms with van der Waals surface area (Å²) in [5, 5.41) is 0. The van der Waals surface area contributed by atoms with Gasteiger partial charge in [0.1, 0.15) is 5.75 Å². The highest BCUT2D eigenvalue weighted by Gasteiger charge is 1.97. The van der Waals surface area contributed by atoms with Crippen LogP contribution in [0.3, 0.4) is 0 Å². The van der Waals surface area contributed by atoms with Gasteiger partial charge in [0.25, 0.3) is 11.3 Å². The van der Waals surface area contributed by atoms with E-state index in [9.17, 15) is 4.21 Å². The van der Waals surface area contributed by atoms with E-state index >= 15 is 0 Å². The molecule has 1 unspecified atom stereocenters. The molecule has 0 radical (unpaired) electrons. The van der Waals surface area contributed by atoms with E-state index in [1.165, 1.54) is 19.3 Å². The lowest BCUT2D eigenvalue weighted by Crippen LogP contribution is -2.16. The molecule has 0 aromatic heterocycles. The maximum atomic E-state index is 10.8. The number of allylic oxidation sites excluding steroid dienone is 2. The van der Waals surface area contributed by atoms with Gasteiger partial charge in [0.2, 0.25) is 0 Å². The highest BCUT2D eigenvalue weighted by Crippen LogP contribution is 2.11. The molecule has 0 fully saturated rings. The molecule has 1 N–H and O–H groups in total. The maximum Gasteiger partial charge on any atom is 0.287 e. The topological polar surface area (TPSA) is 38.3 Å². The predicted octanol–water partition coefficient (Wildman–Crippen LogP) is 3.92. The Morgan fingerprint density at radius 3 is 2.42 bits per heavy atom. The Morgan fingerprint density at radius 1 is 1.32 bits per heavy atom. The molecule has 1 aromatic carbocycles. The third kappa shape index (κ3) is 10.5. The zero-order valence-electron chi connectivity index (χ0n) is 12.3. The molecule has 0 bridgehead atoms. The van der Waals surface area contributed by atoms with Crippen LogP contribution < -0.4 is 8.91 Å². The fourth-order valence-corrected chi connectivity index (χ4v) is 1.58. The Morgan fingerprint density at radius 2 is 1.95 bits per heavy atom. The van der Waals surface area contributed by atoms with Crippen molar-refractivity contribution in [2.75, 3.05) is 7.05 Å². The van der Waals surface area contributed by atoms with Gasteiger partial charge in [0.05, 0.1) is 0 Å². The van der Waals surface area contributed by atoms with Crippen LogP contribution in [0.2, 0.25) is 0 Å².